The summed E-state index contributed by atoms with van der Waals surface area (Å²) in [6.07, 6.45) is 2.33. The van der Waals surface area contributed by atoms with E-state index in [-0.39, 0.29) is 40.6 Å². The molecule has 0 aromatic carbocycles. The lowest BCUT2D eigenvalue weighted by Crippen LogP contribution is -2.45. The Morgan fingerprint density at radius 3 is 2.00 bits per heavy atom. The van der Waals surface area contributed by atoms with E-state index in [4.69, 9.17) is 0 Å². The monoisotopic (exact) mass is 394 g/mol. The molecule has 2 fully saturated rings. The molecule has 0 saturated carbocycles. The van der Waals surface area contributed by atoms with Gasteiger partial charge in [0.15, 0.2) is 0 Å². The van der Waals surface area contributed by atoms with Crippen LogP contribution in [-0.2, 0) is 9.59 Å². The van der Waals surface area contributed by atoms with Gasteiger partial charge in [0.2, 0.25) is 11.8 Å². The average molecular weight is 395 g/mol. The Morgan fingerprint density at radius 1 is 0.929 bits per heavy atom. The van der Waals surface area contributed by atoms with Crippen LogP contribution in [0.3, 0.4) is 0 Å². The summed E-state index contributed by atoms with van der Waals surface area (Å²) in [7, 11) is 1.90. The van der Waals surface area contributed by atoms with Crippen LogP contribution < -0.4 is 10.6 Å². The number of likely N-dealkylation sites (N-methyl/N-ethyl adjacent to an activating group) is 1. The summed E-state index contributed by atoms with van der Waals surface area (Å²) in [6.45, 7) is 17.3. The summed E-state index contributed by atoms with van der Waals surface area (Å²) >= 11 is 0. The van der Waals surface area contributed by atoms with Gasteiger partial charge in [-0.05, 0) is 23.7 Å². The van der Waals surface area contributed by atoms with Crippen molar-refractivity contribution in [2.45, 2.75) is 72.9 Å². The van der Waals surface area contributed by atoms with E-state index in [0.717, 1.165) is 39.0 Å². The van der Waals surface area contributed by atoms with E-state index in [0.29, 0.717) is 13.0 Å². The van der Waals surface area contributed by atoms with Gasteiger partial charge in [-0.25, -0.2) is 0 Å². The Balaban J connectivity index is 1.88. The SMILES string of the molecule is CN1C(=O)C(CN2C(=O)CC[C@@H]2CNCC(C)(C)C)CC1CNCC(C)(C)C. The Labute approximate surface area is 171 Å². The molecule has 2 saturated heterocycles. The van der Waals surface area contributed by atoms with E-state index in [1.165, 1.54) is 0 Å². The number of nitrogens with one attached hydrogen (secondary N) is 2. The smallest absolute Gasteiger partial charge is 0.227 e. The zero-order valence-corrected chi connectivity index (χ0v) is 19.1. The number of nitrogens with zero attached hydrogens (tertiary/aromatic N) is 2. The van der Waals surface area contributed by atoms with Crippen LogP contribution in [0.5, 0.6) is 0 Å². The van der Waals surface area contributed by atoms with Crippen LogP contribution in [0.1, 0.15) is 60.8 Å². The highest BCUT2D eigenvalue weighted by Crippen LogP contribution is 2.28. The van der Waals surface area contributed by atoms with Crippen molar-refractivity contribution in [3.05, 3.63) is 0 Å². The van der Waals surface area contributed by atoms with Gasteiger partial charge in [-0.2, -0.15) is 0 Å². The normalized spacial score (nSPS) is 26.6. The molecule has 0 aromatic rings. The topological polar surface area (TPSA) is 64.7 Å². The van der Waals surface area contributed by atoms with Crippen LogP contribution in [0.15, 0.2) is 0 Å². The fourth-order valence-electron chi connectivity index (χ4n) is 4.15. The van der Waals surface area contributed by atoms with Crippen LogP contribution in [-0.4, -0.2) is 73.5 Å². The maximum atomic E-state index is 12.8. The second kappa shape index (κ2) is 9.12. The third-order valence-corrected chi connectivity index (χ3v) is 5.74. The first-order valence-electron chi connectivity index (χ1n) is 10.8. The maximum absolute atomic E-state index is 12.8. The van der Waals surface area contributed by atoms with Crippen molar-refractivity contribution in [1.82, 2.24) is 20.4 Å². The standard InChI is InChI=1S/C22H42N4O2/c1-21(2,3)14-23-11-17-8-9-19(27)26(17)13-16-10-18(25(7)20(16)28)12-24-15-22(4,5)6/h16-18,23-24H,8-15H2,1-7H3/t16?,17-,18?/m1/s1. The number of likely N-dealkylation sites (tertiary alicyclic amines) is 2. The number of carbonyl (C=O) groups excluding carboxylic acids is 2. The van der Waals surface area contributed by atoms with Crippen molar-refractivity contribution in [3.8, 4) is 0 Å². The minimum Gasteiger partial charge on any atom is -0.341 e. The Bertz CT molecular complexity index is 550. The van der Waals surface area contributed by atoms with Crippen LogP contribution in [0.4, 0.5) is 0 Å². The van der Waals surface area contributed by atoms with Gasteiger partial charge in [0.05, 0.1) is 5.92 Å². The van der Waals surface area contributed by atoms with E-state index < -0.39 is 0 Å². The predicted molar refractivity (Wildman–Crippen MR) is 114 cm³/mol. The van der Waals surface area contributed by atoms with E-state index in [2.05, 4.69) is 52.2 Å². The maximum Gasteiger partial charge on any atom is 0.227 e. The van der Waals surface area contributed by atoms with E-state index in [1.807, 2.05) is 16.8 Å². The van der Waals surface area contributed by atoms with Crippen LogP contribution in [0.25, 0.3) is 0 Å². The molecule has 6 heteroatoms. The van der Waals surface area contributed by atoms with Gasteiger partial charge in [0.1, 0.15) is 0 Å². The third-order valence-electron chi connectivity index (χ3n) is 5.74. The predicted octanol–water partition coefficient (Wildman–Crippen LogP) is 2.10. The lowest BCUT2D eigenvalue weighted by atomic mass is 9.96. The third kappa shape index (κ3) is 6.73. The van der Waals surface area contributed by atoms with Gasteiger partial charge in [-0.1, -0.05) is 41.5 Å². The van der Waals surface area contributed by atoms with Crippen LogP contribution >= 0.6 is 0 Å². The number of amides is 2. The highest BCUT2D eigenvalue weighted by molar-refractivity contribution is 5.83. The zero-order chi connectivity index (χ0) is 21.1. The van der Waals surface area contributed by atoms with Crippen molar-refractivity contribution in [3.63, 3.8) is 0 Å². The Hall–Kier alpha value is -1.14. The number of hydrogen-bond acceptors (Lipinski definition) is 4. The van der Waals surface area contributed by atoms with Gasteiger partial charge in [-0.15, -0.1) is 0 Å². The first-order valence-corrected chi connectivity index (χ1v) is 10.8. The van der Waals surface area contributed by atoms with Crippen molar-refractivity contribution in [2.24, 2.45) is 16.7 Å². The Kier molecular flexibility index (Phi) is 7.54. The van der Waals surface area contributed by atoms with Gasteiger partial charge in [0, 0.05) is 58.3 Å². The van der Waals surface area contributed by atoms with Gasteiger partial charge in [0.25, 0.3) is 0 Å². The number of hydrogen-bond donors (Lipinski definition) is 2. The minimum atomic E-state index is -0.0707. The zero-order valence-electron chi connectivity index (χ0n) is 19.1. The number of carbonyl (C=O) groups is 2. The molecule has 2 aliphatic rings. The first-order chi connectivity index (χ1) is 12.9. The molecule has 3 atom stereocenters. The van der Waals surface area contributed by atoms with E-state index in [1.54, 1.807) is 0 Å². The molecule has 0 radical (unpaired) electrons. The van der Waals surface area contributed by atoms with Crippen molar-refractivity contribution < 1.29 is 9.59 Å². The molecule has 2 amide bonds. The minimum absolute atomic E-state index is 0.0707. The second-order valence-electron chi connectivity index (χ2n) is 11.2. The molecular formula is C22H42N4O2. The average Bonchev–Trinajstić information content (AvgIpc) is 3.02. The molecular weight excluding hydrogens is 352 g/mol. The molecule has 0 aromatic heterocycles. The van der Waals surface area contributed by atoms with Gasteiger partial charge >= 0.3 is 0 Å². The van der Waals surface area contributed by atoms with Crippen molar-refractivity contribution in [2.75, 3.05) is 39.8 Å². The lowest BCUT2D eigenvalue weighted by Gasteiger charge is -2.28. The summed E-state index contributed by atoms with van der Waals surface area (Å²) < 4.78 is 0. The second-order valence-corrected chi connectivity index (χ2v) is 11.2. The first kappa shape index (κ1) is 23.1. The highest BCUT2D eigenvalue weighted by Gasteiger charge is 2.41. The molecule has 0 bridgehead atoms. The van der Waals surface area contributed by atoms with E-state index in [9.17, 15) is 9.59 Å². The van der Waals surface area contributed by atoms with Crippen molar-refractivity contribution in [1.29, 1.82) is 0 Å². The molecule has 2 rings (SSSR count). The summed E-state index contributed by atoms with van der Waals surface area (Å²) in [5.41, 5.74) is 0.459. The summed E-state index contributed by atoms with van der Waals surface area (Å²) in [5, 5.41) is 7.02. The van der Waals surface area contributed by atoms with Crippen LogP contribution in [0.2, 0.25) is 0 Å². The van der Waals surface area contributed by atoms with Crippen molar-refractivity contribution >= 4 is 11.8 Å². The molecule has 28 heavy (non-hydrogen) atoms. The molecule has 2 N–H and O–H groups in total. The molecule has 0 aliphatic carbocycles. The Morgan fingerprint density at radius 2 is 1.46 bits per heavy atom. The largest absolute Gasteiger partial charge is 0.341 e. The molecule has 2 heterocycles. The molecule has 2 aliphatic heterocycles. The van der Waals surface area contributed by atoms with E-state index >= 15 is 0 Å². The number of rotatable bonds is 8. The quantitative estimate of drug-likeness (QED) is 0.662. The molecule has 2 unspecified atom stereocenters. The summed E-state index contributed by atoms with van der Waals surface area (Å²) in [4.78, 5) is 29.1. The summed E-state index contributed by atoms with van der Waals surface area (Å²) in [5.74, 6) is 0.314. The lowest BCUT2D eigenvalue weighted by molar-refractivity contribution is -0.133. The molecule has 6 nitrogen and oxygen atoms in total. The van der Waals surface area contributed by atoms with Gasteiger partial charge < -0.3 is 20.4 Å². The fraction of sp³-hybridized carbons (Fsp3) is 0.909. The highest BCUT2D eigenvalue weighted by atomic mass is 16.2. The van der Waals surface area contributed by atoms with Gasteiger partial charge in [-0.3, -0.25) is 9.59 Å². The molecule has 0 spiro atoms. The fourth-order valence-corrected chi connectivity index (χ4v) is 4.15. The molecule has 162 valence electrons. The summed E-state index contributed by atoms with van der Waals surface area (Å²) in [6, 6.07) is 0.432. The van der Waals surface area contributed by atoms with Crippen LogP contribution in [0, 0.1) is 16.7 Å².